The Morgan fingerprint density at radius 2 is 1.59 bits per heavy atom. The number of hydrogen-bond donors (Lipinski definition) is 4. The van der Waals surface area contributed by atoms with E-state index in [2.05, 4.69) is 28.1 Å². The molecule has 1 heterocycles. The fourth-order valence-electron chi connectivity index (χ4n) is 6.59. The number of cyclic esters (lactones) is 1. The fourth-order valence-corrected chi connectivity index (χ4v) is 6.59. The van der Waals surface area contributed by atoms with Crippen molar-refractivity contribution >= 4 is 23.9 Å². The van der Waals surface area contributed by atoms with Gasteiger partial charge in [-0.15, -0.1) is 0 Å². The number of nitrogens with one attached hydrogen (secondary N) is 3. The summed E-state index contributed by atoms with van der Waals surface area (Å²) in [5, 5.41) is 18.5. The molecular formula is C41H49N3O7. The molecule has 10 nitrogen and oxygen atoms in total. The highest BCUT2D eigenvalue weighted by atomic mass is 16.6. The first-order chi connectivity index (χ1) is 24.5. The Labute approximate surface area is 300 Å². The van der Waals surface area contributed by atoms with Crippen LogP contribution in [0.3, 0.4) is 0 Å². The third-order valence-electron chi connectivity index (χ3n) is 9.60. The molecule has 2 aliphatic rings. The van der Waals surface area contributed by atoms with Crippen molar-refractivity contribution in [3.05, 3.63) is 108 Å². The lowest BCUT2D eigenvalue weighted by atomic mass is 9.86. The molecule has 0 saturated carbocycles. The summed E-state index contributed by atoms with van der Waals surface area (Å²) in [5.41, 5.74) is 4.90. The summed E-state index contributed by atoms with van der Waals surface area (Å²) in [6.45, 7) is 5.53. The maximum absolute atomic E-state index is 13.6. The molecule has 1 aliphatic carbocycles. The van der Waals surface area contributed by atoms with Crippen LogP contribution in [0.4, 0.5) is 4.79 Å². The topological polar surface area (TPSA) is 143 Å². The number of esters is 1. The molecule has 10 heteroatoms. The van der Waals surface area contributed by atoms with E-state index in [0.29, 0.717) is 12.8 Å². The van der Waals surface area contributed by atoms with Crippen LogP contribution in [0.1, 0.15) is 69.1 Å². The van der Waals surface area contributed by atoms with E-state index in [1.807, 2.05) is 99.7 Å². The van der Waals surface area contributed by atoms with Crippen molar-refractivity contribution in [1.82, 2.24) is 16.0 Å². The minimum atomic E-state index is -0.969. The van der Waals surface area contributed by atoms with E-state index in [1.54, 1.807) is 0 Å². The van der Waals surface area contributed by atoms with Crippen LogP contribution in [0.15, 0.2) is 91.0 Å². The normalized spacial score (nSPS) is 20.3. The number of alkyl carbamates (subject to hydrolysis) is 1. The van der Waals surface area contributed by atoms with Crippen molar-refractivity contribution in [1.29, 1.82) is 0 Å². The molecule has 3 aromatic carbocycles. The Bertz CT molecular complexity index is 1660. The molecule has 0 spiro atoms. The van der Waals surface area contributed by atoms with Gasteiger partial charge in [-0.2, -0.15) is 0 Å². The van der Waals surface area contributed by atoms with Crippen molar-refractivity contribution in [2.75, 3.05) is 19.8 Å². The Morgan fingerprint density at radius 1 is 0.941 bits per heavy atom. The molecule has 0 fully saturated rings. The van der Waals surface area contributed by atoms with Crippen LogP contribution in [-0.4, -0.2) is 66.9 Å². The molecule has 5 rings (SSSR count). The zero-order valence-corrected chi connectivity index (χ0v) is 29.6. The van der Waals surface area contributed by atoms with E-state index in [4.69, 9.17) is 9.47 Å². The van der Waals surface area contributed by atoms with Gasteiger partial charge in [-0.25, -0.2) is 9.59 Å². The molecule has 4 atom stereocenters. The third kappa shape index (κ3) is 10.1. The van der Waals surface area contributed by atoms with E-state index >= 15 is 0 Å². The predicted molar refractivity (Wildman–Crippen MR) is 195 cm³/mol. The van der Waals surface area contributed by atoms with Crippen LogP contribution in [0, 0.1) is 11.3 Å². The molecule has 3 aromatic rings. The van der Waals surface area contributed by atoms with Gasteiger partial charge in [-0.05, 0) is 58.9 Å². The van der Waals surface area contributed by atoms with Crippen molar-refractivity contribution in [3.63, 3.8) is 0 Å². The van der Waals surface area contributed by atoms with Gasteiger partial charge in [-0.1, -0.05) is 112 Å². The second-order valence-corrected chi connectivity index (χ2v) is 14.4. The Balaban J connectivity index is 1.22. The summed E-state index contributed by atoms with van der Waals surface area (Å²) in [5.74, 6) is -2.10. The average Bonchev–Trinajstić information content (AvgIpc) is 3.44. The number of carbonyl (C=O) groups excluding carboxylic acids is 4. The third-order valence-corrected chi connectivity index (χ3v) is 9.60. The van der Waals surface area contributed by atoms with E-state index < -0.39 is 41.5 Å². The van der Waals surface area contributed by atoms with E-state index in [1.165, 1.54) is 0 Å². The highest BCUT2D eigenvalue weighted by molar-refractivity contribution is 5.86. The van der Waals surface area contributed by atoms with Gasteiger partial charge in [0.05, 0.1) is 24.6 Å². The molecule has 270 valence electrons. The second-order valence-electron chi connectivity index (χ2n) is 14.4. The lowest BCUT2D eigenvalue weighted by Crippen LogP contribution is -2.51. The summed E-state index contributed by atoms with van der Waals surface area (Å²) in [7, 11) is 0. The number of ether oxygens (including phenoxy) is 2. The van der Waals surface area contributed by atoms with Gasteiger partial charge in [0.2, 0.25) is 11.8 Å². The average molecular weight is 696 g/mol. The maximum Gasteiger partial charge on any atom is 0.407 e. The van der Waals surface area contributed by atoms with E-state index in [0.717, 1.165) is 27.8 Å². The van der Waals surface area contributed by atoms with Crippen molar-refractivity contribution in [2.45, 2.75) is 76.9 Å². The standard InChI is InChI=1S/C41H49N3O7/c1-41(2,3)36-26-50-39(48)35(43-40(49)51-25-34-32-19-12-10-17-30(32)31-18-11-13-20-33(31)34)21-9-5-8-16-28(38(47)44-36)23-37(46)42-29(24-45)22-27-14-6-4-7-15-27/h4-8,10-15,17-20,28-29,34-36,45H,9,16,21-26H2,1-3H3,(H,42,46)(H,43,49)(H,44,47)/t28-,29-,35+,36-/m1/s1. The van der Waals surface area contributed by atoms with E-state index in [-0.39, 0.29) is 56.8 Å². The van der Waals surface area contributed by atoms with Crippen LogP contribution in [0.25, 0.3) is 11.1 Å². The fraction of sp³-hybridized carbons (Fsp3) is 0.415. The Hall–Kier alpha value is -4.96. The lowest BCUT2D eigenvalue weighted by molar-refractivity contribution is -0.148. The lowest BCUT2D eigenvalue weighted by Gasteiger charge is -2.32. The first-order valence-corrected chi connectivity index (χ1v) is 17.7. The summed E-state index contributed by atoms with van der Waals surface area (Å²) >= 11 is 0. The zero-order chi connectivity index (χ0) is 36.4. The van der Waals surface area contributed by atoms with Gasteiger partial charge in [0, 0.05) is 12.3 Å². The zero-order valence-electron chi connectivity index (χ0n) is 29.6. The first-order valence-electron chi connectivity index (χ1n) is 17.7. The van der Waals surface area contributed by atoms with E-state index in [9.17, 15) is 24.3 Å². The number of benzene rings is 3. The van der Waals surface area contributed by atoms with Crippen LogP contribution in [-0.2, 0) is 30.3 Å². The van der Waals surface area contributed by atoms with Crippen LogP contribution >= 0.6 is 0 Å². The minimum absolute atomic E-state index is 0.0793. The molecule has 3 amide bonds. The highest BCUT2D eigenvalue weighted by Gasteiger charge is 2.34. The van der Waals surface area contributed by atoms with Crippen molar-refractivity contribution in [3.8, 4) is 11.1 Å². The Morgan fingerprint density at radius 3 is 2.24 bits per heavy atom. The molecule has 0 radical (unpaired) electrons. The predicted octanol–water partition coefficient (Wildman–Crippen LogP) is 5.43. The first kappa shape index (κ1) is 37.3. The monoisotopic (exact) mass is 695 g/mol. The largest absolute Gasteiger partial charge is 0.462 e. The van der Waals surface area contributed by atoms with Crippen molar-refractivity contribution < 1.29 is 33.8 Å². The molecular weight excluding hydrogens is 646 g/mol. The van der Waals surface area contributed by atoms with Gasteiger partial charge >= 0.3 is 12.1 Å². The van der Waals surface area contributed by atoms with Crippen LogP contribution < -0.4 is 16.0 Å². The summed E-state index contributed by atoms with van der Waals surface area (Å²) in [4.78, 5) is 53.2. The second kappa shape index (κ2) is 17.3. The number of fused-ring (bicyclic) bond motifs is 3. The van der Waals surface area contributed by atoms with Crippen LogP contribution in [0.5, 0.6) is 0 Å². The maximum atomic E-state index is 13.6. The molecule has 0 bridgehead atoms. The smallest absolute Gasteiger partial charge is 0.407 e. The van der Waals surface area contributed by atoms with Gasteiger partial charge in [0.1, 0.15) is 19.3 Å². The molecule has 51 heavy (non-hydrogen) atoms. The van der Waals surface area contributed by atoms with Gasteiger partial charge in [-0.3, -0.25) is 9.59 Å². The van der Waals surface area contributed by atoms with Gasteiger partial charge in [0.15, 0.2) is 0 Å². The number of aliphatic hydroxyl groups is 1. The molecule has 1 aliphatic heterocycles. The molecule has 4 N–H and O–H groups in total. The van der Waals surface area contributed by atoms with Crippen molar-refractivity contribution in [2.24, 2.45) is 11.3 Å². The minimum Gasteiger partial charge on any atom is -0.462 e. The SMILES string of the molecule is CC(C)(C)[C@H]1COC(=O)[C@@H](NC(=O)OCC2c3ccccc3-c3ccccc32)CCC=CC[C@H](CC(=O)N[C@@H](CO)Cc2ccccc2)C(=O)N1. The number of hydrogen-bond acceptors (Lipinski definition) is 7. The molecule has 0 aromatic heterocycles. The number of rotatable bonds is 9. The Kier molecular flexibility index (Phi) is 12.7. The van der Waals surface area contributed by atoms with Gasteiger partial charge in [0.25, 0.3) is 0 Å². The summed E-state index contributed by atoms with van der Waals surface area (Å²) in [6.07, 6.45) is 4.28. The number of amides is 3. The van der Waals surface area contributed by atoms with Crippen LogP contribution in [0.2, 0.25) is 0 Å². The molecule has 0 unspecified atom stereocenters. The highest BCUT2D eigenvalue weighted by Crippen LogP contribution is 2.44. The molecule has 0 saturated heterocycles. The van der Waals surface area contributed by atoms with Gasteiger partial charge < -0.3 is 30.5 Å². The number of carbonyl (C=O) groups is 4. The quantitative estimate of drug-likeness (QED) is 0.173. The summed E-state index contributed by atoms with van der Waals surface area (Å²) < 4.78 is 11.4. The summed E-state index contributed by atoms with van der Waals surface area (Å²) in [6, 6.07) is 23.7. The number of allylic oxidation sites excluding steroid dienone is 2. The number of aliphatic hydroxyl groups excluding tert-OH is 1.